The highest BCUT2D eigenvalue weighted by Gasteiger charge is 2.28. The summed E-state index contributed by atoms with van der Waals surface area (Å²) < 4.78 is 0. The number of nitrogens with one attached hydrogen (secondary N) is 1. The second-order valence-electron chi connectivity index (χ2n) is 5.48. The first-order valence-electron chi connectivity index (χ1n) is 7.29. The van der Waals surface area contributed by atoms with Crippen LogP contribution in [0.3, 0.4) is 0 Å². The molecule has 1 atom stereocenters. The van der Waals surface area contributed by atoms with E-state index in [0.29, 0.717) is 18.9 Å². The third-order valence-corrected chi connectivity index (χ3v) is 3.83. The number of hydrogen-bond donors (Lipinski definition) is 2. The van der Waals surface area contributed by atoms with Crippen LogP contribution in [0.4, 0.5) is 0 Å². The second kappa shape index (κ2) is 6.71. The molecular weight excluding hydrogens is 236 g/mol. The van der Waals surface area contributed by atoms with Crippen LogP contribution in [0.2, 0.25) is 0 Å². The average Bonchev–Trinajstić information content (AvgIpc) is 3.27. The van der Waals surface area contributed by atoms with Gasteiger partial charge in [-0.1, -0.05) is 31.2 Å². The zero-order valence-corrected chi connectivity index (χ0v) is 11.7. The highest BCUT2D eigenvalue weighted by Crippen LogP contribution is 2.31. The highest BCUT2D eigenvalue weighted by atomic mass is 16.1. The molecule has 0 spiro atoms. The number of amides is 1. The summed E-state index contributed by atoms with van der Waals surface area (Å²) in [5, 5.41) is 2.93. The van der Waals surface area contributed by atoms with E-state index in [4.69, 9.17) is 5.73 Å². The highest BCUT2D eigenvalue weighted by molar-refractivity contribution is 5.76. The van der Waals surface area contributed by atoms with E-state index in [1.807, 2.05) is 0 Å². The van der Waals surface area contributed by atoms with Crippen molar-refractivity contribution in [3.05, 3.63) is 35.4 Å². The molecule has 1 saturated carbocycles. The van der Waals surface area contributed by atoms with Crippen molar-refractivity contribution in [2.24, 2.45) is 11.7 Å². The zero-order chi connectivity index (χ0) is 13.7. The van der Waals surface area contributed by atoms with E-state index in [0.717, 1.165) is 12.8 Å². The van der Waals surface area contributed by atoms with Gasteiger partial charge < -0.3 is 11.1 Å². The molecule has 0 heterocycles. The summed E-state index contributed by atoms with van der Waals surface area (Å²) in [7, 11) is 0. The summed E-state index contributed by atoms with van der Waals surface area (Å²) in [4.78, 5) is 11.7. The second-order valence-corrected chi connectivity index (χ2v) is 5.48. The van der Waals surface area contributed by atoms with Gasteiger partial charge in [0.25, 0.3) is 0 Å². The molecule has 0 aliphatic heterocycles. The van der Waals surface area contributed by atoms with Crippen molar-refractivity contribution >= 4 is 5.91 Å². The molecule has 1 aromatic rings. The summed E-state index contributed by atoms with van der Waals surface area (Å²) in [5.41, 5.74) is 8.51. The smallest absolute Gasteiger partial charge is 0.220 e. The number of carbonyl (C=O) groups is 1. The van der Waals surface area contributed by atoms with Crippen LogP contribution in [0.5, 0.6) is 0 Å². The van der Waals surface area contributed by atoms with Crippen LogP contribution in [-0.2, 0) is 17.6 Å². The number of nitrogens with two attached hydrogens (primary N) is 1. The van der Waals surface area contributed by atoms with Gasteiger partial charge in [-0.15, -0.1) is 0 Å². The van der Waals surface area contributed by atoms with Gasteiger partial charge in [0.2, 0.25) is 5.91 Å². The van der Waals surface area contributed by atoms with Gasteiger partial charge in [0.1, 0.15) is 0 Å². The molecular formula is C16H24N2O. The molecule has 1 fully saturated rings. The molecule has 1 aliphatic carbocycles. The van der Waals surface area contributed by atoms with E-state index >= 15 is 0 Å². The number of aryl methyl sites for hydroxylation is 2. The van der Waals surface area contributed by atoms with Crippen LogP contribution < -0.4 is 11.1 Å². The summed E-state index contributed by atoms with van der Waals surface area (Å²) in [6.45, 7) is 2.77. The Morgan fingerprint density at radius 2 is 1.95 bits per heavy atom. The lowest BCUT2D eigenvalue weighted by atomic mass is 10.1. The molecule has 1 aromatic carbocycles. The van der Waals surface area contributed by atoms with Gasteiger partial charge in [-0.05, 0) is 42.7 Å². The topological polar surface area (TPSA) is 55.1 Å². The van der Waals surface area contributed by atoms with Crippen LogP contribution in [0.25, 0.3) is 0 Å². The zero-order valence-electron chi connectivity index (χ0n) is 11.7. The van der Waals surface area contributed by atoms with Crippen molar-refractivity contribution in [3.63, 3.8) is 0 Å². The van der Waals surface area contributed by atoms with E-state index in [2.05, 4.69) is 36.5 Å². The number of carbonyl (C=O) groups excluding carboxylic acids is 1. The monoisotopic (exact) mass is 260 g/mol. The van der Waals surface area contributed by atoms with Crippen molar-refractivity contribution < 1.29 is 4.79 Å². The first kappa shape index (κ1) is 14.1. The van der Waals surface area contributed by atoms with Gasteiger partial charge in [-0.2, -0.15) is 0 Å². The predicted molar refractivity (Wildman–Crippen MR) is 77.9 cm³/mol. The van der Waals surface area contributed by atoms with E-state index < -0.39 is 0 Å². The molecule has 1 unspecified atom stereocenters. The normalized spacial score (nSPS) is 16.1. The minimum Gasteiger partial charge on any atom is -0.355 e. The van der Waals surface area contributed by atoms with Gasteiger partial charge in [0, 0.05) is 19.0 Å². The SMILES string of the molecule is CCc1ccc(CCC(=O)NCC(N)C2CC2)cc1. The molecule has 0 saturated heterocycles. The molecule has 0 aromatic heterocycles. The Balaban J connectivity index is 1.67. The average molecular weight is 260 g/mol. The summed E-state index contributed by atoms with van der Waals surface area (Å²) in [6.07, 6.45) is 4.85. The van der Waals surface area contributed by atoms with Crippen LogP contribution in [0, 0.1) is 5.92 Å². The Morgan fingerprint density at radius 1 is 1.32 bits per heavy atom. The Morgan fingerprint density at radius 3 is 2.53 bits per heavy atom. The fraction of sp³-hybridized carbons (Fsp3) is 0.562. The summed E-state index contributed by atoms with van der Waals surface area (Å²) >= 11 is 0. The van der Waals surface area contributed by atoms with Crippen LogP contribution >= 0.6 is 0 Å². The first-order chi connectivity index (χ1) is 9.19. The van der Waals surface area contributed by atoms with Crippen LogP contribution in [-0.4, -0.2) is 18.5 Å². The number of hydrogen-bond acceptors (Lipinski definition) is 2. The molecule has 0 radical (unpaired) electrons. The molecule has 19 heavy (non-hydrogen) atoms. The maximum absolute atomic E-state index is 11.7. The van der Waals surface area contributed by atoms with E-state index in [-0.39, 0.29) is 11.9 Å². The van der Waals surface area contributed by atoms with Crippen molar-refractivity contribution in [1.82, 2.24) is 5.32 Å². The standard InChI is InChI=1S/C16H24N2O/c1-2-12-3-5-13(6-4-12)7-10-16(19)18-11-15(17)14-8-9-14/h3-6,14-15H,2,7-11,17H2,1H3,(H,18,19). The molecule has 3 heteroatoms. The van der Waals surface area contributed by atoms with Gasteiger partial charge in [-0.25, -0.2) is 0 Å². The maximum atomic E-state index is 11.7. The molecule has 1 amide bonds. The molecule has 3 nitrogen and oxygen atoms in total. The molecule has 2 rings (SSSR count). The minimum absolute atomic E-state index is 0.107. The third-order valence-electron chi connectivity index (χ3n) is 3.83. The summed E-state index contributed by atoms with van der Waals surface area (Å²) in [6, 6.07) is 8.64. The number of benzene rings is 1. The fourth-order valence-electron chi connectivity index (χ4n) is 2.21. The van der Waals surface area contributed by atoms with Crippen molar-refractivity contribution in [2.75, 3.05) is 6.54 Å². The lowest BCUT2D eigenvalue weighted by Gasteiger charge is -2.11. The minimum atomic E-state index is 0.107. The van der Waals surface area contributed by atoms with Gasteiger partial charge >= 0.3 is 0 Å². The molecule has 3 N–H and O–H groups in total. The Bertz CT molecular complexity index is 409. The fourth-order valence-corrected chi connectivity index (χ4v) is 2.21. The lowest BCUT2D eigenvalue weighted by Crippen LogP contribution is -2.38. The van der Waals surface area contributed by atoms with E-state index in [1.54, 1.807) is 0 Å². The lowest BCUT2D eigenvalue weighted by molar-refractivity contribution is -0.121. The predicted octanol–water partition coefficient (Wildman–Crippen LogP) is 2.04. The maximum Gasteiger partial charge on any atom is 0.220 e. The van der Waals surface area contributed by atoms with Gasteiger partial charge in [-0.3, -0.25) is 4.79 Å². The first-order valence-corrected chi connectivity index (χ1v) is 7.29. The number of rotatable bonds is 7. The van der Waals surface area contributed by atoms with Crippen LogP contribution in [0.1, 0.15) is 37.3 Å². The van der Waals surface area contributed by atoms with Gasteiger partial charge in [0.05, 0.1) is 0 Å². The Labute approximate surface area is 115 Å². The quantitative estimate of drug-likeness (QED) is 0.788. The molecule has 1 aliphatic rings. The van der Waals surface area contributed by atoms with Crippen molar-refractivity contribution in [3.8, 4) is 0 Å². The van der Waals surface area contributed by atoms with Gasteiger partial charge in [0.15, 0.2) is 0 Å². The summed E-state index contributed by atoms with van der Waals surface area (Å²) in [5.74, 6) is 0.748. The molecule has 0 bridgehead atoms. The molecule has 104 valence electrons. The van der Waals surface area contributed by atoms with E-state index in [1.165, 1.54) is 24.0 Å². The third kappa shape index (κ3) is 4.67. The largest absolute Gasteiger partial charge is 0.355 e. The Kier molecular flexibility index (Phi) is 4.97. The van der Waals surface area contributed by atoms with Crippen LogP contribution in [0.15, 0.2) is 24.3 Å². The van der Waals surface area contributed by atoms with Crippen molar-refractivity contribution in [1.29, 1.82) is 0 Å². The van der Waals surface area contributed by atoms with E-state index in [9.17, 15) is 4.79 Å². The Hall–Kier alpha value is -1.35. The van der Waals surface area contributed by atoms with Crippen molar-refractivity contribution in [2.45, 2.75) is 45.1 Å².